The van der Waals surface area contributed by atoms with E-state index in [0.717, 1.165) is 45.7 Å². The monoisotopic (exact) mass is 521 g/mol. The van der Waals surface area contributed by atoms with Gasteiger partial charge in [-0.25, -0.2) is 4.98 Å². The second-order valence-corrected chi connectivity index (χ2v) is 8.72. The van der Waals surface area contributed by atoms with Crippen LogP contribution >= 0.6 is 0 Å². The van der Waals surface area contributed by atoms with Crippen molar-refractivity contribution in [2.75, 3.05) is 13.6 Å². The van der Waals surface area contributed by atoms with Gasteiger partial charge in [0.25, 0.3) is 0 Å². The summed E-state index contributed by atoms with van der Waals surface area (Å²) in [5.41, 5.74) is 4.14. The fourth-order valence-electron chi connectivity index (χ4n) is 4.14. The zero-order valence-electron chi connectivity index (χ0n) is 24.8. The number of benzene rings is 1. The van der Waals surface area contributed by atoms with Gasteiger partial charge in [0.05, 0.1) is 17.6 Å². The summed E-state index contributed by atoms with van der Waals surface area (Å²) in [6, 6.07) is 7.66. The minimum Gasteiger partial charge on any atom is -0.445 e. The molecular weight excluding hydrogens is 474 g/mol. The van der Waals surface area contributed by atoms with Gasteiger partial charge in [0.15, 0.2) is 0 Å². The molecule has 0 fully saturated rings. The molecule has 2 unspecified atom stereocenters. The third-order valence-corrected chi connectivity index (χ3v) is 6.44. The number of aromatic nitrogens is 2. The van der Waals surface area contributed by atoms with Crippen LogP contribution in [0.2, 0.25) is 0 Å². The summed E-state index contributed by atoms with van der Waals surface area (Å²) in [6.07, 6.45) is 9.06. The Morgan fingerprint density at radius 1 is 1.13 bits per heavy atom. The molecule has 3 aromatic rings. The van der Waals surface area contributed by atoms with Gasteiger partial charge >= 0.3 is 0 Å². The highest BCUT2D eigenvalue weighted by molar-refractivity contribution is 5.81. The van der Waals surface area contributed by atoms with Crippen molar-refractivity contribution in [3.63, 3.8) is 0 Å². The molecule has 1 N–H and O–H groups in total. The molecule has 2 heterocycles. The van der Waals surface area contributed by atoms with Crippen LogP contribution in [0.25, 0.3) is 23.6 Å². The Bertz CT molecular complexity index is 1220. The molecule has 38 heavy (non-hydrogen) atoms. The fraction of sp³-hybridized carbons (Fsp3) is 0.469. The van der Waals surface area contributed by atoms with Gasteiger partial charge < -0.3 is 14.4 Å². The number of oxazole rings is 1. The lowest BCUT2D eigenvalue weighted by molar-refractivity contribution is 0.112. The Kier molecular flexibility index (Phi) is 15.1. The Balaban J connectivity index is 0.00000172. The van der Waals surface area contributed by atoms with Crippen LogP contribution in [0.3, 0.4) is 0 Å². The number of aliphatic hydroxyl groups excluding tert-OH is 1. The van der Waals surface area contributed by atoms with Gasteiger partial charge in [-0.2, -0.15) is 0 Å². The summed E-state index contributed by atoms with van der Waals surface area (Å²) < 4.78 is 5.50. The van der Waals surface area contributed by atoms with Gasteiger partial charge in [0.1, 0.15) is 12.5 Å². The number of carbonyl (C=O) groups is 1. The van der Waals surface area contributed by atoms with Crippen molar-refractivity contribution in [2.45, 2.75) is 80.9 Å². The van der Waals surface area contributed by atoms with E-state index in [-0.39, 0.29) is 5.92 Å². The molecule has 1 aromatic carbocycles. The summed E-state index contributed by atoms with van der Waals surface area (Å²) >= 11 is 0. The molecule has 0 amide bonds. The molecular formula is C32H47N3O3. The van der Waals surface area contributed by atoms with Gasteiger partial charge in [-0.05, 0) is 49.7 Å². The number of aldehydes is 1. The summed E-state index contributed by atoms with van der Waals surface area (Å²) in [5.74, 6) is 0.643. The molecule has 208 valence electrons. The van der Waals surface area contributed by atoms with Crippen LogP contribution in [0.1, 0.15) is 95.1 Å². The Hall–Kier alpha value is -3.09. The van der Waals surface area contributed by atoms with Gasteiger partial charge in [0.2, 0.25) is 5.89 Å². The second-order valence-electron chi connectivity index (χ2n) is 8.72. The van der Waals surface area contributed by atoms with Gasteiger partial charge in [-0.1, -0.05) is 72.2 Å². The van der Waals surface area contributed by atoms with Gasteiger partial charge in [0, 0.05) is 41.9 Å². The van der Waals surface area contributed by atoms with Crippen LogP contribution in [0, 0.1) is 5.92 Å². The van der Waals surface area contributed by atoms with Crippen molar-refractivity contribution >= 4 is 18.4 Å². The van der Waals surface area contributed by atoms with Crippen molar-refractivity contribution in [3.8, 4) is 11.5 Å². The Morgan fingerprint density at radius 2 is 1.84 bits per heavy atom. The van der Waals surface area contributed by atoms with Crippen molar-refractivity contribution in [2.24, 2.45) is 5.92 Å². The average Bonchev–Trinajstić information content (AvgIpc) is 3.52. The van der Waals surface area contributed by atoms with Crippen LogP contribution in [0.5, 0.6) is 0 Å². The number of rotatable bonds is 10. The fourth-order valence-corrected chi connectivity index (χ4v) is 4.14. The molecule has 0 spiro atoms. The SMILES string of the molecule is C/C=c1/cc(C(O)C(C)CC)c(CCN(C)Cc2c(C=O)cccc2-c2ncco2)n/c1=C/C.CC.CC. The standard InChI is InChI=1S/C28H35N3O3.2C2H6/c1-6-19(4)27(33)23-16-20(7-2)25(8-3)30-26(23)12-14-31(5)17-24-21(18-32)10-9-11-22(24)28-29-13-15-34-28;2*1-2/h7-11,13,15-16,18-19,27,33H,6,12,14,17H2,1-5H3;2*1-2H3/b20-7-,25-8+;;. The molecule has 0 aliphatic carbocycles. The first-order valence-corrected chi connectivity index (χ1v) is 13.9. The summed E-state index contributed by atoms with van der Waals surface area (Å²) in [6.45, 7) is 17.4. The quantitative estimate of drug-likeness (QED) is 0.332. The molecule has 6 heteroatoms. The Morgan fingerprint density at radius 3 is 2.39 bits per heavy atom. The van der Waals surface area contributed by atoms with Crippen LogP contribution in [0.4, 0.5) is 0 Å². The lowest BCUT2D eigenvalue weighted by atomic mass is 9.92. The molecule has 0 saturated carbocycles. The highest BCUT2D eigenvalue weighted by Gasteiger charge is 2.20. The first-order chi connectivity index (χ1) is 18.4. The number of pyridine rings is 1. The first kappa shape index (κ1) is 32.9. The minimum atomic E-state index is -0.560. The second kappa shape index (κ2) is 17.4. The molecule has 2 atom stereocenters. The Labute approximate surface area is 229 Å². The number of aliphatic hydroxyl groups is 1. The lowest BCUT2D eigenvalue weighted by Crippen LogP contribution is -2.32. The van der Waals surface area contributed by atoms with E-state index in [4.69, 9.17) is 9.40 Å². The van der Waals surface area contributed by atoms with E-state index < -0.39 is 6.10 Å². The average molecular weight is 522 g/mol. The maximum Gasteiger partial charge on any atom is 0.226 e. The van der Waals surface area contributed by atoms with Crippen LogP contribution < -0.4 is 10.6 Å². The van der Waals surface area contributed by atoms with E-state index in [0.29, 0.717) is 31.0 Å². The third-order valence-electron chi connectivity index (χ3n) is 6.44. The minimum absolute atomic E-state index is 0.141. The molecule has 0 aliphatic heterocycles. The highest BCUT2D eigenvalue weighted by Crippen LogP contribution is 2.27. The predicted molar refractivity (Wildman–Crippen MR) is 158 cm³/mol. The van der Waals surface area contributed by atoms with Crippen molar-refractivity contribution in [3.05, 3.63) is 69.7 Å². The van der Waals surface area contributed by atoms with E-state index in [1.165, 1.54) is 6.26 Å². The number of likely N-dealkylation sites (N-methyl/N-ethyl adjacent to an activating group) is 1. The summed E-state index contributed by atoms with van der Waals surface area (Å²) in [5, 5.41) is 13.0. The number of nitrogens with zero attached hydrogens (tertiary/aromatic N) is 3. The summed E-state index contributed by atoms with van der Waals surface area (Å²) in [7, 11) is 2.02. The maximum atomic E-state index is 11.7. The smallest absolute Gasteiger partial charge is 0.226 e. The normalized spacial score (nSPS) is 13.3. The van der Waals surface area contributed by atoms with Crippen molar-refractivity contribution < 1.29 is 14.3 Å². The van der Waals surface area contributed by atoms with Crippen LogP contribution in [-0.2, 0) is 13.0 Å². The lowest BCUT2D eigenvalue weighted by Gasteiger charge is -2.23. The molecule has 2 aromatic heterocycles. The van der Waals surface area contributed by atoms with E-state index in [1.807, 2.05) is 78.9 Å². The molecule has 0 bridgehead atoms. The molecule has 0 radical (unpaired) electrons. The number of hydrogen-bond acceptors (Lipinski definition) is 6. The van der Waals surface area contributed by atoms with E-state index in [1.54, 1.807) is 6.20 Å². The highest BCUT2D eigenvalue weighted by atomic mass is 16.3. The van der Waals surface area contributed by atoms with Crippen LogP contribution in [-0.4, -0.2) is 39.9 Å². The van der Waals surface area contributed by atoms with Crippen molar-refractivity contribution in [1.82, 2.24) is 14.9 Å². The van der Waals surface area contributed by atoms with E-state index in [2.05, 4.69) is 29.8 Å². The number of hydrogen-bond donors (Lipinski definition) is 1. The van der Waals surface area contributed by atoms with E-state index >= 15 is 0 Å². The topological polar surface area (TPSA) is 79.5 Å². The van der Waals surface area contributed by atoms with Crippen molar-refractivity contribution in [1.29, 1.82) is 0 Å². The molecule has 6 nitrogen and oxygen atoms in total. The maximum absolute atomic E-state index is 11.7. The van der Waals surface area contributed by atoms with Gasteiger partial charge in [-0.3, -0.25) is 9.78 Å². The predicted octanol–water partition coefficient (Wildman–Crippen LogP) is 5.96. The molecule has 3 rings (SSSR count). The molecule has 0 aliphatic rings. The molecule has 0 saturated heterocycles. The largest absolute Gasteiger partial charge is 0.445 e. The van der Waals surface area contributed by atoms with Gasteiger partial charge in [-0.15, -0.1) is 0 Å². The first-order valence-electron chi connectivity index (χ1n) is 13.9. The zero-order valence-corrected chi connectivity index (χ0v) is 24.8. The third kappa shape index (κ3) is 8.47. The number of carbonyl (C=O) groups excluding carboxylic acids is 1. The van der Waals surface area contributed by atoms with Crippen LogP contribution in [0.15, 0.2) is 41.1 Å². The van der Waals surface area contributed by atoms with E-state index in [9.17, 15) is 9.90 Å². The zero-order chi connectivity index (χ0) is 28.7. The summed E-state index contributed by atoms with van der Waals surface area (Å²) in [4.78, 5) is 23.1.